The van der Waals surface area contributed by atoms with E-state index in [1.54, 1.807) is 13.2 Å². The predicted molar refractivity (Wildman–Crippen MR) is 63.9 cm³/mol. The van der Waals surface area contributed by atoms with Gasteiger partial charge in [-0.2, -0.15) is 4.98 Å². The molecule has 6 nitrogen and oxygen atoms in total. The molecule has 0 bridgehead atoms. The van der Waals surface area contributed by atoms with Crippen molar-refractivity contribution in [3.63, 3.8) is 0 Å². The summed E-state index contributed by atoms with van der Waals surface area (Å²) in [5, 5.41) is 6.92. The molecule has 0 spiro atoms. The minimum Gasteiger partial charge on any atom is -0.497 e. The molecular formula is C11H14N4O2. The SMILES string of the molecule is COc1ccc(NCCc2ncon2)c(N)c1. The second-order valence-corrected chi connectivity index (χ2v) is 3.48. The maximum absolute atomic E-state index is 5.86. The van der Waals surface area contributed by atoms with Crippen molar-refractivity contribution in [3.8, 4) is 5.75 Å². The fourth-order valence-electron chi connectivity index (χ4n) is 1.44. The van der Waals surface area contributed by atoms with E-state index in [-0.39, 0.29) is 0 Å². The quantitative estimate of drug-likeness (QED) is 0.759. The molecule has 6 heteroatoms. The van der Waals surface area contributed by atoms with Crippen LogP contribution in [0.3, 0.4) is 0 Å². The highest BCUT2D eigenvalue weighted by atomic mass is 16.5. The monoisotopic (exact) mass is 234 g/mol. The molecule has 0 aliphatic rings. The van der Waals surface area contributed by atoms with E-state index in [0.29, 0.717) is 24.5 Å². The first-order valence-electron chi connectivity index (χ1n) is 5.22. The van der Waals surface area contributed by atoms with Gasteiger partial charge in [-0.15, -0.1) is 0 Å². The van der Waals surface area contributed by atoms with Crippen LogP contribution >= 0.6 is 0 Å². The molecule has 1 heterocycles. The van der Waals surface area contributed by atoms with E-state index in [4.69, 9.17) is 10.5 Å². The molecule has 1 aromatic carbocycles. The second kappa shape index (κ2) is 5.20. The van der Waals surface area contributed by atoms with Gasteiger partial charge in [-0.3, -0.25) is 0 Å². The first-order valence-corrected chi connectivity index (χ1v) is 5.22. The third-order valence-corrected chi connectivity index (χ3v) is 2.33. The van der Waals surface area contributed by atoms with Gasteiger partial charge in [0.05, 0.1) is 18.5 Å². The summed E-state index contributed by atoms with van der Waals surface area (Å²) >= 11 is 0. The third-order valence-electron chi connectivity index (χ3n) is 2.33. The summed E-state index contributed by atoms with van der Waals surface area (Å²) in [6.07, 6.45) is 2.00. The molecule has 0 aliphatic carbocycles. The van der Waals surface area contributed by atoms with Crippen molar-refractivity contribution < 1.29 is 9.26 Å². The smallest absolute Gasteiger partial charge is 0.213 e. The summed E-state index contributed by atoms with van der Waals surface area (Å²) in [4.78, 5) is 3.93. The van der Waals surface area contributed by atoms with Gasteiger partial charge in [0, 0.05) is 19.0 Å². The van der Waals surface area contributed by atoms with E-state index in [9.17, 15) is 0 Å². The Morgan fingerprint density at radius 3 is 3.00 bits per heavy atom. The van der Waals surface area contributed by atoms with Crippen molar-refractivity contribution in [1.82, 2.24) is 10.1 Å². The fraction of sp³-hybridized carbons (Fsp3) is 0.273. The Morgan fingerprint density at radius 2 is 2.35 bits per heavy atom. The first kappa shape index (κ1) is 11.3. The number of nitrogen functional groups attached to an aromatic ring is 1. The Hall–Kier alpha value is -2.24. The van der Waals surface area contributed by atoms with Crippen LogP contribution in [0.25, 0.3) is 0 Å². The van der Waals surface area contributed by atoms with Crippen LogP contribution in [0.5, 0.6) is 5.75 Å². The zero-order chi connectivity index (χ0) is 12.1. The Bertz CT molecular complexity index is 470. The molecule has 0 unspecified atom stereocenters. The largest absolute Gasteiger partial charge is 0.497 e. The van der Waals surface area contributed by atoms with Crippen LogP contribution in [0, 0.1) is 0 Å². The summed E-state index contributed by atoms with van der Waals surface area (Å²) in [7, 11) is 1.61. The van der Waals surface area contributed by atoms with Crippen molar-refractivity contribution in [2.45, 2.75) is 6.42 Å². The summed E-state index contributed by atoms with van der Waals surface area (Å²) in [5.74, 6) is 1.41. The van der Waals surface area contributed by atoms with Crippen molar-refractivity contribution in [2.24, 2.45) is 0 Å². The molecule has 0 fully saturated rings. The number of methoxy groups -OCH3 is 1. The van der Waals surface area contributed by atoms with E-state index in [0.717, 1.165) is 11.4 Å². The van der Waals surface area contributed by atoms with Gasteiger partial charge in [-0.25, -0.2) is 0 Å². The molecule has 1 aromatic heterocycles. The molecule has 90 valence electrons. The average Bonchev–Trinajstić information content (AvgIpc) is 2.84. The first-order chi connectivity index (χ1) is 8.29. The molecule has 2 rings (SSSR count). The maximum atomic E-state index is 5.86. The van der Waals surface area contributed by atoms with Gasteiger partial charge in [-0.05, 0) is 12.1 Å². The van der Waals surface area contributed by atoms with E-state index >= 15 is 0 Å². The van der Waals surface area contributed by atoms with Crippen LogP contribution < -0.4 is 15.8 Å². The number of nitrogens with two attached hydrogens (primary N) is 1. The predicted octanol–water partition coefficient (Wildman–Crippen LogP) is 1.31. The van der Waals surface area contributed by atoms with Gasteiger partial charge in [0.25, 0.3) is 0 Å². The van der Waals surface area contributed by atoms with E-state index in [1.807, 2.05) is 12.1 Å². The lowest BCUT2D eigenvalue weighted by molar-refractivity contribution is 0.410. The number of rotatable bonds is 5. The molecule has 2 aromatic rings. The van der Waals surface area contributed by atoms with Crippen molar-refractivity contribution in [1.29, 1.82) is 0 Å². The van der Waals surface area contributed by atoms with E-state index in [1.165, 1.54) is 6.39 Å². The highest BCUT2D eigenvalue weighted by molar-refractivity contribution is 5.68. The van der Waals surface area contributed by atoms with Crippen LogP contribution in [0.1, 0.15) is 5.82 Å². The Morgan fingerprint density at radius 1 is 1.47 bits per heavy atom. The summed E-state index contributed by atoms with van der Waals surface area (Å²) in [6.45, 7) is 0.691. The number of benzene rings is 1. The highest BCUT2D eigenvalue weighted by Gasteiger charge is 2.02. The van der Waals surface area contributed by atoms with Gasteiger partial charge in [0.2, 0.25) is 6.39 Å². The summed E-state index contributed by atoms with van der Waals surface area (Å²) in [6, 6.07) is 5.51. The molecule has 0 amide bonds. The summed E-state index contributed by atoms with van der Waals surface area (Å²) < 4.78 is 9.71. The normalized spacial score (nSPS) is 10.2. The lowest BCUT2D eigenvalue weighted by atomic mass is 10.2. The lowest BCUT2D eigenvalue weighted by Crippen LogP contribution is -2.07. The second-order valence-electron chi connectivity index (χ2n) is 3.48. The zero-order valence-corrected chi connectivity index (χ0v) is 9.51. The zero-order valence-electron chi connectivity index (χ0n) is 9.51. The van der Waals surface area contributed by atoms with Crippen molar-refractivity contribution in [3.05, 3.63) is 30.4 Å². The molecule has 0 radical (unpaired) electrons. The number of ether oxygens (including phenoxy) is 1. The topological polar surface area (TPSA) is 86.2 Å². The molecule has 17 heavy (non-hydrogen) atoms. The molecule has 0 atom stereocenters. The molecular weight excluding hydrogens is 220 g/mol. The number of hydrogen-bond donors (Lipinski definition) is 2. The minimum absolute atomic E-state index is 0.650. The number of hydrogen-bond acceptors (Lipinski definition) is 6. The number of aromatic nitrogens is 2. The van der Waals surface area contributed by atoms with Crippen molar-refractivity contribution in [2.75, 3.05) is 24.7 Å². The van der Waals surface area contributed by atoms with E-state index < -0.39 is 0 Å². The summed E-state index contributed by atoms with van der Waals surface area (Å²) in [5.41, 5.74) is 7.38. The van der Waals surface area contributed by atoms with Gasteiger partial charge in [0.15, 0.2) is 5.82 Å². The Balaban J connectivity index is 1.90. The van der Waals surface area contributed by atoms with Crippen LogP contribution in [-0.2, 0) is 6.42 Å². The van der Waals surface area contributed by atoms with Crippen LogP contribution in [0.4, 0.5) is 11.4 Å². The molecule has 0 aliphatic heterocycles. The van der Waals surface area contributed by atoms with Gasteiger partial charge < -0.3 is 20.3 Å². The van der Waals surface area contributed by atoms with Gasteiger partial charge in [-0.1, -0.05) is 5.16 Å². The standard InChI is InChI=1S/C11H14N4O2/c1-16-8-2-3-10(9(12)6-8)13-5-4-11-14-7-17-15-11/h2-3,6-7,13H,4-5,12H2,1H3. The number of anilines is 2. The molecule has 0 saturated carbocycles. The van der Waals surface area contributed by atoms with Gasteiger partial charge >= 0.3 is 0 Å². The van der Waals surface area contributed by atoms with Crippen LogP contribution in [-0.4, -0.2) is 23.8 Å². The highest BCUT2D eigenvalue weighted by Crippen LogP contribution is 2.23. The van der Waals surface area contributed by atoms with Crippen LogP contribution in [0.15, 0.2) is 29.1 Å². The van der Waals surface area contributed by atoms with E-state index in [2.05, 4.69) is 20.0 Å². The molecule has 0 saturated heterocycles. The number of nitrogens with one attached hydrogen (secondary N) is 1. The minimum atomic E-state index is 0.650. The maximum Gasteiger partial charge on any atom is 0.213 e. The Labute approximate surface area is 98.8 Å². The van der Waals surface area contributed by atoms with Crippen molar-refractivity contribution >= 4 is 11.4 Å². The van der Waals surface area contributed by atoms with Gasteiger partial charge in [0.1, 0.15) is 5.75 Å². The lowest BCUT2D eigenvalue weighted by Gasteiger charge is -2.09. The Kier molecular flexibility index (Phi) is 3.44. The van der Waals surface area contributed by atoms with Crippen LogP contribution in [0.2, 0.25) is 0 Å². The number of nitrogens with zero attached hydrogens (tertiary/aromatic N) is 2. The fourth-order valence-corrected chi connectivity index (χ4v) is 1.44. The third kappa shape index (κ3) is 2.87. The molecule has 3 N–H and O–H groups in total. The average molecular weight is 234 g/mol.